The minimum absolute atomic E-state index is 0.138. The topological polar surface area (TPSA) is 6.48 Å². The third-order valence-corrected chi connectivity index (χ3v) is 4.14. The normalized spacial score (nSPS) is 18.5. The lowest BCUT2D eigenvalue weighted by atomic mass is 10.1. The van der Waals surface area contributed by atoms with Crippen molar-refractivity contribution in [1.82, 2.24) is 9.80 Å². The molecule has 0 aromatic heterocycles. The molecule has 1 aliphatic rings. The summed E-state index contributed by atoms with van der Waals surface area (Å²) in [4.78, 5) is 4.99. The van der Waals surface area contributed by atoms with Crippen LogP contribution in [0, 0.1) is 12.7 Å². The molecule has 1 saturated heterocycles. The van der Waals surface area contributed by atoms with Crippen molar-refractivity contribution in [3.05, 3.63) is 35.1 Å². The molecular weight excluding hydrogens is 307 g/mol. The molecule has 106 valence electrons. The van der Waals surface area contributed by atoms with Crippen molar-refractivity contribution in [2.24, 2.45) is 0 Å². The summed E-state index contributed by atoms with van der Waals surface area (Å²) in [6, 6.07) is 5.12. The van der Waals surface area contributed by atoms with E-state index in [2.05, 4.69) is 25.7 Å². The van der Waals surface area contributed by atoms with E-state index in [-0.39, 0.29) is 5.82 Å². The molecule has 0 spiro atoms. The second-order valence-electron chi connectivity index (χ2n) is 5.23. The van der Waals surface area contributed by atoms with Crippen LogP contribution in [0.3, 0.4) is 0 Å². The summed E-state index contributed by atoms with van der Waals surface area (Å²) in [6.07, 6.45) is 1.22. The van der Waals surface area contributed by atoms with E-state index >= 15 is 0 Å². The predicted octanol–water partition coefficient (Wildman–Crippen LogP) is 3.04. The Balaban J connectivity index is 1.92. The van der Waals surface area contributed by atoms with Gasteiger partial charge in [-0.25, -0.2) is 4.39 Å². The van der Waals surface area contributed by atoms with E-state index in [0.717, 1.165) is 43.6 Å². The van der Waals surface area contributed by atoms with Crippen molar-refractivity contribution in [1.29, 1.82) is 0 Å². The molecule has 1 aromatic carbocycles. The first-order valence-electron chi connectivity index (χ1n) is 6.95. The molecule has 0 aliphatic carbocycles. The Kier molecular flexibility index (Phi) is 5.79. The molecule has 4 heteroatoms. The Morgan fingerprint density at radius 1 is 1.16 bits per heavy atom. The van der Waals surface area contributed by atoms with Crippen LogP contribution in [-0.4, -0.2) is 47.9 Å². The van der Waals surface area contributed by atoms with Crippen LogP contribution >= 0.6 is 15.9 Å². The minimum atomic E-state index is -0.138. The van der Waals surface area contributed by atoms with Gasteiger partial charge in [0.1, 0.15) is 5.82 Å². The summed E-state index contributed by atoms with van der Waals surface area (Å²) in [5.74, 6) is -0.138. The number of aryl methyl sites for hydroxylation is 1. The third kappa shape index (κ3) is 4.55. The van der Waals surface area contributed by atoms with Crippen LogP contribution < -0.4 is 0 Å². The van der Waals surface area contributed by atoms with Gasteiger partial charge in [-0.3, -0.25) is 4.90 Å². The molecule has 0 N–H and O–H groups in total. The summed E-state index contributed by atoms with van der Waals surface area (Å²) >= 11 is 3.50. The highest BCUT2D eigenvalue weighted by Crippen LogP contribution is 2.14. The standard InChI is InChI=1S/C15H22BrFN2/c1-13-11-15(17)4-3-14(13)12-19-7-2-6-18(8-5-16)9-10-19/h3-4,11H,2,5-10,12H2,1H3. The second kappa shape index (κ2) is 7.36. The van der Waals surface area contributed by atoms with Crippen LogP contribution in [-0.2, 0) is 6.54 Å². The average molecular weight is 329 g/mol. The van der Waals surface area contributed by atoms with Gasteiger partial charge in [-0.05, 0) is 49.7 Å². The first-order valence-corrected chi connectivity index (χ1v) is 8.07. The first-order chi connectivity index (χ1) is 9.19. The maximum absolute atomic E-state index is 13.1. The highest BCUT2D eigenvalue weighted by molar-refractivity contribution is 9.09. The number of rotatable bonds is 4. The molecule has 0 atom stereocenters. The molecule has 0 radical (unpaired) electrons. The molecule has 1 heterocycles. The Bertz CT molecular complexity index is 411. The number of alkyl halides is 1. The number of halogens is 2. The molecule has 19 heavy (non-hydrogen) atoms. The van der Waals surface area contributed by atoms with Crippen LogP contribution in [0.1, 0.15) is 17.5 Å². The third-order valence-electron chi connectivity index (χ3n) is 3.78. The van der Waals surface area contributed by atoms with Crippen LogP contribution in [0.5, 0.6) is 0 Å². The van der Waals surface area contributed by atoms with E-state index in [9.17, 15) is 4.39 Å². The van der Waals surface area contributed by atoms with E-state index in [1.54, 1.807) is 12.1 Å². The highest BCUT2D eigenvalue weighted by Gasteiger charge is 2.15. The lowest BCUT2D eigenvalue weighted by molar-refractivity contribution is 0.258. The number of hydrogen-bond donors (Lipinski definition) is 0. The summed E-state index contributed by atoms with van der Waals surface area (Å²) in [6.45, 7) is 8.61. The van der Waals surface area contributed by atoms with Crippen molar-refractivity contribution in [3.8, 4) is 0 Å². The molecule has 1 aliphatic heterocycles. The lowest BCUT2D eigenvalue weighted by Gasteiger charge is -2.22. The second-order valence-corrected chi connectivity index (χ2v) is 6.02. The lowest BCUT2D eigenvalue weighted by Crippen LogP contribution is -2.31. The van der Waals surface area contributed by atoms with E-state index in [0.29, 0.717) is 0 Å². The van der Waals surface area contributed by atoms with Gasteiger partial charge in [-0.1, -0.05) is 22.0 Å². The van der Waals surface area contributed by atoms with Crippen molar-refractivity contribution < 1.29 is 4.39 Å². The summed E-state index contributed by atoms with van der Waals surface area (Å²) in [5, 5.41) is 1.05. The zero-order valence-corrected chi connectivity index (χ0v) is 13.1. The predicted molar refractivity (Wildman–Crippen MR) is 81.3 cm³/mol. The van der Waals surface area contributed by atoms with Crippen LogP contribution in [0.4, 0.5) is 4.39 Å². The largest absolute Gasteiger partial charge is 0.301 e. The number of hydrogen-bond acceptors (Lipinski definition) is 2. The molecule has 2 nitrogen and oxygen atoms in total. The molecule has 0 saturated carbocycles. The fourth-order valence-electron chi connectivity index (χ4n) is 2.60. The molecule has 0 bridgehead atoms. The first kappa shape index (κ1) is 14.9. The highest BCUT2D eigenvalue weighted by atomic mass is 79.9. The minimum Gasteiger partial charge on any atom is -0.301 e. The SMILES string of the molecule is Cc1cc(F)ccc1CN1CCCN(CCBr)CC1. The molecular formula is C15H22BrFN2. The maximum Gasteiger partial charge on any atom is 0.123 e. The zero-order chi connectivity index (χ0) is 13.7. The van der Waals surface area contributed by atoms with Gasteiger partial charge in [0.05, 0.1) is 0 Å². The van der Waals surface area contributed by atoms with Gasteiger partial charge in [0.15, 0.2) is 0 Å². The van der Waals surface area contributed by atoms with Crippen molar-refractivity contribution in [2.45, 2.75) is 19.9 Å². The van der Waals surface area contributed by atoms with Gasteiger partial charge in [0.25, 0.3) is 0 Å². The summed E-state index contributed by atoms with van der Waals surface area (Å²) in [7, 11) is 0. The fraction of sp³-hybridized carbons (Fsp3) is 0.600. The molecule has 0 amide bonds. The molecule has 1 aromatic rings. The Morgan fingerprint density at radius 3 is 2.63 bits per heavy atom. The Morgan fingerprint density at radius 2 is 1.89 bits per heavy atom. The van der Waals surface area contributed by atoms with Crippen LogP contribution in [0.25, 0.3) is 0 Å². The summed E-state index contributed by atoms with van der Waals surface area (Å²) < 4.78 is 13.1. The number of nitrogens with zero attached hydrogens (tertiary/aromatic N) is 2. The van der Waals surface area contributed by atoms with E-state index < -0.39 is 0 Å². The van der Waals surface area contributed by atoms with Crippen molar-refractivity contribution in [2.75, 3.05) is 38.1 Å². The van der Waals surface area contributed by atoms with E-state index in [1.165, 1.54) is 18.5 Å². The van der Waals surface area contributed by atoms with Gasteiger partial charge >= 0.3 is 0 Å². The molecule has 2 rings (SSSR count). The Labute approximate surface area is 123 Å². The quantitative estimate of drug-likeness (QED) is 0.784. The van der Waals surface area contributed by atoms with Gasteiger partial charge in [0, 0.05) is 31.5 Å². The van der Waals surface area contributed by atoms with E-state index in [4.69, 9.17) is 0 Å². The maximum atomic E-state index is 13.1. The monoisotopic (exact) mass is 328 g/mol. The average Bonchev–Trinajstić information content (AvgIpc) is 2.59. The van der Waals surface area contributed by atoms with Crippen molar-refractivity contribution >= 4 is 15.9 Å². The van der Waals surface area contributed by atoms with E-state index in [1.807, 2.05) is 13.0 Å². The summed E-state index contributed by atoms with van der Waals surface area (Å²) in [5.41, 5.74) is 2.30. The van der Waals surface area contributed by atoms with Gasteiger partial charge in [0.2, 0.25) is 0 Å². The molecule has 1 fully saturated rings. The van der Waals surface area contributed by atoms with Gasteiger partial charge in [-0.15, -0.1) is 0 Å². The van der Waals surface area contributed by atoms with Crippen LogP contribution in [0.15, 0.2) is 18.2 Å². The molecule has 0 unspecified atom stereocenters. The van der Waals surface area contributed by atoms with Gasteiger partial charge in [-0.2, -0.15) is 0 Å². The van der Waals surface area contributed by atoms with Crippen LogP contribution in [0.2, 0.25) is 0 Å². The van der Waals surface area contributed by atoms with Gasteiger partial charge < -0.3 is 4.90 Å². The van der Waals surface area contributed by atoms with Crippen molar-refractivity contribution in [3.63, 3.8) is 0 Å². The fourth-order valence-corrected chi connectivity index (χ4v) is 3.10. The number of benzene rings is 1. The zero-order valence-electron chi connectivity index (χ0n) is 11.5. The smallest absolute Gasteiger partial charge is 0.123 e. The Hall–Kier alpha value is -0.450.